The van der Waals surface area contributed by atoms with Crippen molar-refractivity contribution in [3.63, 3.8) is 0 Å². The van der Waals surface area contributed by atoms with Crippen LogP contribution >= 0.6 is 0 Å². The van der Waals surface area contributed by atoms with Gasteiger partial charge in [0, 0.05) is 18.7 Å². The van der Waals surface area contributed by atoms with E-state index in [1.165, 1.54) is 0 Å². The molecule has 4 heterocycles. The van der Waals surface area contributed by atoms with Crippen LogP contribution in [0.2, 0.25) is 0 Å². The Balaban J connectivity index is 1.51. The van der Waals surface area contributed by atoms with Gasteiger partial charge in [0.1, 0.15) is 17.2 Å². The molecule has 5 rings (SSSR count). The molecule has 33 heavy (non-hydrogen) atoms. The number of hydrogen-bond donors (Lipinski definition) is 1. The Labute approximate surface area is 192 Å². The Bertz CT molecular complexity index is 1300. The van der Waals surface area contributed by atoms with Crippen LogP contribution in [0.15, 0.2) is 48.9 Å². The smallest absolute Gasteiger partial charge is 0.238 e. The molecule has 0 saturated carbocycles. The fourth-order valence-electron chi connectivity index (χ4n) is 4.37. The number of methoxy groups -OCH3 is 1. The number of ether oxygens (including phenoxy) is 1. The molecule has 3 aromatic heterocycles. The number of aryl methyl sites for hydroxylation is 2. The van der Waals surface area contributed by atoms with E-state index in [-0.39, 0.29) is 5.92 Å². The zero-order valence-corrected chi connectivity index (χ0v) is 19.4. The van der Waals surface area contributed by atoms with Crippen molar-refractivity contribution in [2.45, 2.75) is 51.7 Å². The molecule has 1 atom stereocenters. The van der Waals surface area contributed by atoms with Gasteiger partial charge in [-0.2, -0.15) is 0 Å². The van der Waals surface area contributed by atoms with E-state index in [9.17, 15) is 5.11 Å². The summed E-state index contributed by atoms with van der Waals surface area (Å²) in [5.41, 5.74) is 3.55. The third-order valence-corrected chi connectivity index (χ3v) is 6.12. The van der Waals surface area contributed by atoms with E-state index in [1.807, 2.05) is 46.6 Å². The molecule has 170 valence electrons. The summed E-state index contributed by atoms with van der Waals surface area (Å²) in [4.78, 5) is 13.9. The van der Waals surface area contributed by atoms with E-state index in [2.05, 4.69) is 17.1 Å². The first-order valence-electron chi connectivity index (χ1n) is 11.2. The fraction of sp³-hybridized carbons (Fsp3) is 0.360. The van der Waals surface area contributed by atoms with Crippen molar-refractivity contribution in [3.8, 4) is 23.1 Å². The molecule has 8 heteroatoms. The summed E-state index contributed by atoms with van der Waals surface area (Å²) in [6, 6.07) is 12.0. The van der Waals surface area contributed by atoms with E-state index >= 15 is 0 Å². The minimum atomic E-state index is -0.889. The van der Waals surface area contributed by atoms with Crippen LogP contribution in [0.3, 0.4) is 0 Å². The molecule has 0 fully saturated rings. The van der Waals surface area contributed by atoms with Gasteiger partial charge >= 0.3 is 0 Å². The van der Waals surface area contributed by atoms with Crippen LogP contribution < -0.4 is 4.74 Å². The number of aliphatic hydroxyl groups is 1. The van der Waals surface area contributed by atoms with Crippen LogP contribution in [-0.4, -0.2) is 41.5 Å². The Kier molecular flexibility index (Phi) is 5.25. The van der Waals surface area contributed by atoms with Crippen LogP contribution in [-0.2, 0) is 12.1 Å². The highest BCUT2D eigenvalue weighted by Crippen LogP contribution is 2.35. The maximum absolute atomic E-state index is 10.5. The van der Waals surface area contributed by atoms with Gasteiger partial charge in [-0.15, -0.1) is 5.10 Å². The molecule has 0 bridgehead atoms. The molecule has 0 amide bonds. The molecule has 1 aromatic carbocycles. The number of imidazole rings is 1. The summed E-state index contributed by atoms with van der Waals surface area (Å²) in [7, 11) is 1.61. The van der Waals surface area contributed by atoms with Crippen LogP contribution in [0.4, 0.5) is 0 Å². The van der Waals surface area contributed by atoms with Crippen molar-refractivity contribution >= 4 is 0 Å². The molecule has 0 saturated heterocycles. The van der Waals surface area contributed by atoms with Crippen molar-refractivity contribution in [3.05, 3.63) is 71.6 Å². The van der Waals surface area contributed by atoms with Crippen molar-refractivity contribution < 1.29 is 9.84 Å². The quantitative estimate of drug-likeness (QED) is 0.500. The van der Waals surface area contributed by atoms with Gasteiger partial charge in [-0.05, 0) is 56.9 Å². The molecular weight excluding hydrogens is 416 g/mol. The summed E-state index contributed by atoms with van der Waals surface area (Å²) >= 11 is 0. The van der Waals surface area contributed by atoms with Crippen LogP contribution in [0.1, 0.15) is 55.3 Å². The predicted molar refractivity (Wildman–Crippen MR) is 124 cm³/mol. The highest BCUT2D eigenvalue weighted by molar-refractivity contribution is 5.55. The van der Waals surface area contributed by atoms with E-state index in [4.69, 9.17) is 19.8 Å². The number of aromatic nitrogens is 6. The van der Waals surface area contributed by atoms with Crippen molar-refractivity contribution in [2.75, 3.05) is 7.11 Å². The minimum Gasteiger partial charge on any atom is -0.479 e. The SMILES string of the molecule is COc1nc(-c2nc3n(n2)CCCC3c2cccc(C(C)(C)O)c2)ccc1-n1cnc(C)c1. The zero-order valence-electron chi connectivity index (χ0n) is 19.4. The lowest BCUT2D eigenvalue weighted by molar-refractivity contribution is 0.0785. The number of fused-ring (bicyclic) bond motifs is 1. The average molecular weight is 445 g/mol. The summed E-state index contributed by atoms with van der Waals surface area (Å²) < 4.78 is 9.44. The Hall–Kier alpha value is -3.52. The number of hydrogen-bond acceptors (Lipinski definition) is 6. The Morgan fingerprint density at radius 3 is 2.73 bits per heavy atom. The van der Waals surface area contributed by atoms with Crippen molar-refractivity contribution in [2.24, 2.45) is 0 Å². The van der Waals surface area contributed by atoms with Gasteiger partial charge in [0.15, 0.2) is 5.82 Å². The first-order chi connectivity index (χ1) is 15.8. The van der Waals surface area contributed by atoms with E-state index in [0.717, 1.165) is 47.7 Å². The molecule has 0 spiro atoms. The number of benzene rings is 1. The predicted octanol–water partition coefficient (Wildman–Crippen LogP) is 4.00. The van der Waals surface area contributed by atoms with Gasteiger partial charge < -0.3 is 14.4 Å². The molecule has 0 aliphatic carbocycles. The van der Waals surface area contributed by atoms with Crippen LogP contribution in [0.25, 0.3) is 17.2 Å². The third kappa shape index (κ3) is 4.02. The maximum Gasteiger partial charge on any atom is 0.238 e. The molecule has 8 nitrogen and oxygen atoms in total. The third-order valence-electron chi connectivity index (χ3n) is 6.12. The topological polar surface area (TPSA) is 90.9 Å². The zero-order chi connectivity index (χ0) is 23.2. The van der Waals surface area contributed by atoms with Gasteiger partial charge in [0.25, 0.3) is 0 Å². The second-order valence-corrected chi connectivity index (χ2v) is 9.04. The molecule has 1 unspecified atom stereocenters. The lowest BCUT2D eigenvalue weighted by atomic mass is 9.87. The second kappa shape index (κ2) is 8.12. The molecular formula is C25H28N6O2. The summed E-state index contributed by atoms with van der Waals surface area (Å²) in [5, 5.41) is 15.2. The molecule has 1 N–H and O–H groups in total. The van der Waals surface area contributed by atoms with E-state index in [0.29, 0.717) is 17.4 Å². The normalized spacial score (nSPS) is 16.0. The lowest BCUT2D eigenvalue weighted by Crippen LogP contribution is -2.19. The summed E-state index contributed by atoms with van der Waals surface area (Å²) in [5.74, 6) is 2.13. The van der Waals surface area contributed by atoms with Gasteiger partial charge in [-0.25, -0.2) is 19.6 Å². The minimum absolute atomic E-state index is 0.123. The van der Waals surface area contributed by atoms with E-state index in [1.54, 1.807) is 27.3 Å². The highest BCUT2D eigenvalue weighted by atomic mass is 16.5. The first-order valence-corrected chi connectivity index (χ1v) is 11.2. The largest absolute Gasteiger partial charge is 0.479 e. The maximum atomic E-state index is 10.5. The van der Waals surface area contributed by atoms with Crippen molar-refractivity contribution in [1.82, 2.24) is 29.3 Å². The van der Waals surface area contributed by atoms with Crippen LogP contribution in [0, 0.1) is 6.92 Å². The van der Waals surface area contributed by atoms with Crippen molar-refractivity contribution in [1.29, 1.82) is 0 Å². The number of rotatable bonds is 5. The first kappa shape index (κ1) is 21.3. The fourth-order valence-corrected chi connectivity index (χ4v) is 4.37. The lowest BCUT2D eigenvalue weighted by Gasteiger charge is -2.24. The van der Waals surface area contributed by atoms with Gasteiger partial charge in [-0.1, -0.05) is 24.3 Å². The Morgan fingerprint density at radius 1 is 1.15 bits per heavy atom. The van der Waals surface area contributed by atoms with Gasteiger partial charge in [0.2, 0.25) is 5.88 Å². The number of pyridine rings is 1. The Morgan fingerprint density at radius 2 is 2.00 bits per heavy atom. The molecule has 1 aliphatic heterocycles. The van der Waals surface area contributed by atoms with E-state index < -0.39 is 5.60 Å². The average Bonchev–Trinajstić information content (AvgIpc) is 3.44. The van der Waals surface area contributed by atoms with Gasteiger partial charge in [0.05, 0.1) is 24.7 Å². The molecule has 1 aliphatic rings. The summed E-state index contributed by atoms with van der Waals surface area (Å²) in [6.45, 7) is 6.38. The highest BCUT2D eigenvalue weighted by Gasteiger charge is 2.28. The van der Waals surface area contributed by atoms with Gasteiger partial charge in [-0.3, -0.25) is 0 Å². The van der Waals surface area contributed by atoms with Crippen LogP contribution in [0.5, 0.6) is 5.88 Å². The standard InChI is InChI=1S/C25H28N6O2/c1-16-14-30(15-26-16)21-11-10-20(27-24(21)33-4)22-28-23-19(9-6-12-31(23)29-22)17-7-5-8-18(13-17)25(2,3)32/h5,7-8,10-11,13-15,19,32H,6,9,12H2,1-4H3. The number of nitrogens with zero attached hydrogens (tertiary/aromatic N) is 6. The monoisotopic (exact) mass is 444 g/mol. The molecule has 0 radical (unpaired) electrons. The molecule has 4 aromatic rings. The summed E-state index contributed by atoms with van der Waals surface area (Å²) in [6.07, 6.45) is 5.68. The second-order valence-electron chi connectivity index (χ2n) is 9.04.